The second-order valence-corrected chi connectivity index (χ2v) is 10.1. The molecule has 7 nitrogen and oxygen atoms in total. The molecule has 9 heteroatoms. The highest BCUT2D eigenvalue weighted by Gasteiger charge is 2.29. The number of halogens is 1. The first-order valence-corrected chi connectivity index (χ1v) is 13.0. The monoisotopic (exact) mass is 513 g/mol. The van der Waals surface area contributed by atoms with Crippen molar-refractivity contribution in [2.45, 2.75) is 25.7 Å². The maximum absolute atomic E-state index is 13.6. The highest BCUT2D eigenvalue weighted by Crippen LogP contribution is 2.30. The molecule has 35 heavy (non-hydrogen) atoms. The summed E-state index contributed by atoms with van der Waals surface area (Å²) < 4.78 is 28.1. The molecule has 0 aliphatic heterocycles. The molecule has 3 aromatic carbocycles. The van der Waals surface area contributed by atoms with Gasteiger partial charge in [-0.15, -0.1) is 0 Å². The molecule has 0 aromatic heterocycles. The van der Waals surface area contributed by atoms with E-state index in [1.54, 1.807) is 65.6 Å². The first-order valence-electron chi connectivity index (χ1n) is 11.2. The van der Waals surface area contributed by atoms with Crippen molar-refractivity contribution < 1.29 is 18.0 Å². The number of benzene rings is 3. The predicted octanol–water partition coefficient (Wildman–Crippen LogP) is 4.96. The molecular formula is C26H28ClN3O4S. The van der Waals surface area contributed by atoms with Crippen LogP contribution in [0.1, 0.15) is 29.8 Å². The molecule has 0 atom stereocenters. The fraction of sp³-hybridized carbons (Fsp3) is 0.231. The van der Waals surface area contributed by atoms with Gasteiger partial charge < -0.3 is 10.2 Å². The average molecular weight is 514 g/mol. The lowest BCUT2D eigenvalue weighted by Crippen LogP contribution is -2.38. The highest BCUT2D eigenvalue weighted by atomic mass is 35.5. The topological polar surface area (TPSA) is 86.8 Å². The molecule has 0 radical (unpaired) electrons. The van der Waals surface area contributed by atoms with Gasteiger partial charge in [-0.25, -0.2) is 8.42 Å². The second-order valence-electron chi connectivity index (χ2n) is 7.85. The predicted molar refractivity (Wildman–Crippen MR) is 139 cm³/mol. The van der Waals surface area contributed by atoms with E-state index in [0.29, 0.717) is 24.3 Å². The van der Waals surface area contributed by atoms with Gasteiger partial charge in [-0.05, 0) is 57.2 Å². The van der Waals surface area contributed by atoms with Gasteiger partial charge in [-0.2, -0.15) is 0 Å². The normalized spacial score (nSPS) is 11.1. The van der Waals surface area contributed by atoms with Gasteiger partial charge in [0.05, 0.1) is 26.9 Å². The fourth-order valence-electron chi connectivity index (χ4n) is 3.57. The van der Waals surface area contributed by atoms with Gasteiger partial charge in [0, 0.05) is 13.1 Å². The Hall–Kier alpha value is -3.36. The fourth-order valence-corrected chi connectivity index (χ4v) is 5.30. The summed E-state index contributed by atoms with van der Waals surface area (Å²) in [6.07, 6.45) is 0. The van der Waals surface area contributed by atoms with Gasteiger partial charge in [0.1, 0.15) is 6.54 Å². The summed E-state index contributed by atoms with van der Waals surface area (Å²) in [4.78, 5) is 27.7. The minimum atomic E-state index is -4.12. The third-order valence-corrected chi connectivity index (χ3v) is 7.59. The van der Waals surface area contributed by atoms with E-state index in [9.17, 15) is 18.0 Å². The summed E-state index contributed by atoms with van der Waals surface area (Å²) in [7, 11) is -4.12. The van der Waals surface area contributed by atoms with Crippen LogP contribution in [0.5, 0.6) is 0 Å². The Morgan fingerprint density at radius 1 is 0.886 bits per heavy atom. The lowest BCUT2D eigenvalue weighted by Gasteiger charge is -2.25. The zero-order valence-electron chi connectivity index (χ0n) is 19.9. The van der Waals surface area contributed by atoms with Crippen LogP contribution in [0.2, 0.25) is 5.02 Å². The summed E-state index contributed by atoms with van der Waals surface area (Å²) in [5.74, 6) is -0.832. The van der Waals surface area contributed by atoms with Crippen LogP contribution in [0.4, 0.5) is 11.4 Å². The molecule has 0 bridgehead atoms. The number of carbonyl (C=O) groups excluding carboxylic acids is 2. The third kappa shape index (κ3) is 6.01. The van der Waals surface area contributed by atoms with Gasteiger partial charge >= 0.3 is 0 Å². The van der Waals surface area contributed by atoms with Crippen LogP contribution in [-0.4, -0.2) is 44.8 Å². The zero-order valence-corrected chi connectivity index (χ0v) is 21.4. The number of para-hydroxylation sites is 2. The van der Waals surface area contributed by atoms with Gasteiger partial charge in [-0.1, -0.05) is 53.6 Å². The Morgan fingerprint density at radius 2 is 1.49 bits per heavy atom. The number of hydrogen-bond donors (Lipinski definition) is 1. The standard InChI is InChI=1S/C26H28ClN3O4S/c1-4-29(5-2)26(32)21-10-6-8-12-23(21)28-25(31)18-30(24-13-9-7-11-22(24)27)35(33,34)20-16-14-19(3)15-17-20/h6-17H,4-5,18H2,1-3H3,(H,28,31). The Kier molecular flexibility index (Phi) is 8.53. The smallest absolute Gasteiger partial charge is 0.264 e. The van der Waals surface area contributed by atoms with Crippen LogP contribution in [0.15, 0.2) is 77.7 Å². The molecule has 3 rings (SSSR count). The molecule has 0 aliphatic rings. The number of rotatable bonds is 9. The van der Waals surface area contributed by atoms with Crippen molar-refractivity contribution in [3.05, 3.63) is 88.9 Å². The molecule has 0 saturated carbocycles. The first-order chi connectivity index (χ1) is 16.7. The Labute approximate surface area is 211 Å². The van der Waals surface area contributed by atoms with E-state index in [1.807, 2.05) is 20.8 Å². The largest absolute Gasteiger partial charge is 0.339 e. The van der Waals surface area contributed by atoms with Crippen LogP contribution in [0.3, 0.4) is 0 Å². The van der Waals surface area contributed by atoms with Crippen molar-refractivity contribution in [3.8, 4) is 0 Å². The lowest BCUT2D eigenvalue weighted by molar-refractivity contribution is -0.114. The minimum absolute atomic E-state index is 0.0351. The SMILES string of the molecule is CCN(CC)C(=O)c1ccccc1NC(=O)CN(c1ccccc1Cl)S(=O)(=O)c1ccc(C)cc1. The maximum atomic E-state index is 13.6. The summed E-state index contributed by atoms with van der Waals surface area (Å²) >= 11 is 6.33. The van der Waals surface area contributed by atoms with Crippen molar-refractivity contribution >= 4 is 44.8 Å². The molecule has 2 amide bonds. The number of anilines is 2. The average Bonchev–Trinajstić information content (AvgIpc) is 2.84. The first kappa shape index (κ1) is 26.2. The second kappa shape index (κ2) is 11.4. The third-order valence-electron chi connectivity index (χ3n) is 5.50. The Balaban J connectivity index is 1.96. The van der Waals surface area contributed by atoms with Crippen LogP contribution in [0.25, 0.3) is 0 Å². The van der Waals surface area contributed by atoms with Crippen molar-refractivity contribution in [3.63, 3.8) is 0 Å². The van der Waals surface area contributed by atoms with E-state index >= 15 is 0 Å². The number of nitrogens with zero attached hydrogens (tertiary/aromatic N) is 2. The summed E-state index contributed by atoms with van der Waals surface area (Å²) in [5.41, 5.74) is 1.72. The molecule has 0 aliphatic carbocycles. The van der Waals surface area contributed by atoms with Gasteiger partial charge in [0.2, 0.25) is 5.91 Å². The molecule has 0 heterocycles. The van der Waals surface area contributed by atoms with Crippen molar-refractivity contribution in [2.24, 2.45) is 0 Å². The number of nitrogens with one attached hydrogen (secondary N) is 1. The lowest BCUT2D eigenvalue weighted by atomic mass is 10.1. The van der Waals surface area contributed by atoms with Crippen molar-refractivity contribution in [1.29, 1.82) is 0 Å². The number of carbonyl (C=O) groups is 2. The van der Waals surface area contributed by atoms with Crippen LogP contribution < -0.4 is 9.62 Å². The Bertz CT molecular complexity index is 1310. The van der Waals surface area contributed by atoms with Gasteiger partial charge in [-0.3, -0.25) is 13.9 Å². The molecule has 3 aromatic rings. The van der Waals surface area contributed by atoms with E-state index in [2.05, 4.69) is 5.32 Å². The highest BCUT2D eigenvalue weighted by molar-refractivity contribution is 7.92. The molecular weight excluding hydrogens is 486 g/mol. The zero-order chi connectivity index (χ0) is 25.6. The van der Waals surface area contributed by atoms with Crippen LogP contribution >= 0.6 is 11.6 Å². The number of sulfonamides is 1. The molecule has 0 saturated heterocycles. The summed E-state index contributed by atoms with van der Waals surface area (Å²) in [6, 6.07) is 19.4. The maximum Gasteiger partial charge on any atom is 0.264 e. The van der Waals surface area contributed by atoms with Crippen molar-refractivity contribution in [1.82, 2.24) is 4.90 Å². The number of amides is 2. The summed E-state index contributed by atoms with van der Waals surface area (Å²) in [5, 5.41) is 2.90. The van der Waals surface area contributed by atoms with Crippen LogP contribution in [0, 0.1) is 6.92 Å². The van der Waals surface area contributed by atoms with Gasteiger partial charge in [0.15, 0.2) is 0 Å². The summed E-state index contributed by atoms with van der Waals surface area (Å²) in [6.45, 7) is 6.11. The number of hydrogen-bond acceptors (Lipinski definition) is 4. The van der Waals surface area contributed by atoms with E-state index in [1.165, 1.54) is 12.1 Å². The minimum Gasteiger partial charge on any atom is -0.339 e. The molecule has 0 fully saturated rings. The van der Waals surface area contributed by atoms with E-state index in [4.69, 9.17) is 11.6 Å². The van der Waals surface area contributed by atoms with E-state index in [0.717, 1.165) is 9.87 Å². The van der Waals surface area contributed by atoms with Crippen molar-refractivity contribution in [2.75, 3.05) is 29.3 Å². The van der Waals surface area contributed by atoms with Crippen LogP contribution in [-0.2, 0) is 14.8 Å². The van der Waals surface area contributed by atoms with Gasteiger partial charge in [0.25, 0.3) is 15.9 Å². The quantitative estimate of drug-likeness (QED) is 0.438. The van der Waals surface area contributed by atoms with E-state index < -0.39 is 22.5 Å². The molecule has 0 unspecified atom stereocenters. The molecule has 1 N–H and O–H groups in total. The van der Waals surface area contributed by atoms with E-state index in [-0.39, 0.29) is 21.5 Å². The molecule has 0 spiro atoms. The Morgan fingerprint density at radius 3 is 2.11 bits per heavy atom. The number of aryl methyl sites for hydroxylation is 1. The molecule has 184 valence electrons.